The standard InChI is InChI=1S/C14H16N4O4S2/c19-13-10-22-9-8-18(13)7-6-12-15-14(23-16-12)17-24(20,21)11-4-2-1-3-5-11/h1-5H,6-10H2,(H,15,16,17). The van der Waals surface area contributed by atoms with E-state index in [9.17, 15) is 13.2 Å². The van der Waals surface area contributed by atoms with Gasteiger partial charge in [-0.2, -0.15) is 4.37 Å². The Balaban J connectivity index is 1.60. The van der Waals surface area contributed by atoms with E-state index >= 15 is 0 Å². The molecule has 1 aliphatic heterocycles. The van der Waals surface area contributed by atoms with Gasteiger partial charge in [-0.05, 0) is 12.1 Å². The molecule has 0 radical (unpaired) electrons. The van der Waals surface area contributed by atoms with Crippen molar-refractivity contribution in [3.8, 4) is 0 Å². The van der Waals surface area contributed by atoms with E-state index in [2.05, 4.69) is 14.1 Å². The normalized spacial score (nSPS) is 15.5. The first-order valence-corrected chi connectivity index (χ1v) is 9.56. The Morgan fingerprint density at radius 2 is 2.08 bits per heavy atom. The maximum Gasteiger partial charge on any atom is 0.263 e. The second kappa shape index (κ2) is 7.24. The molecule has 1 saturated heterocycles. The Morgan fingerprint density at radius 1 is 1.29 bits per heavy atom. The predicted molar refractivity (Wildman–Crippen MR) is 88.3 cm³/mol. The largest absolute Gasteiger partial charge is 0.370 e. The van der Waals surface area contributed by atoms with E-state index in [-0.39, 0.29) is 22.5 Å². The van der Waals surface area contributed by atoms with Gasteiger partial charge in [-0.3, -0.25) is 9.52 Å². The highest BCUT2D eigenvalue weighted by Gasteiger charge is 2.20. The topological polar surface area (TPSA) is 101 Å². The number of morpholine rings is 1. The lowest BCUT2D eigenvalue weighted by Crippen LogP contribution is -2.42. The summed E-state index contributed by atoms with van der Waals surface area (Å²) in [5.74, 6) is 0.450. The van der Waals surface area contributed by atoms with Crippen LogP contribution in [0.1, 0.15) is 5.82 Å². The van der Waals surface area contributed by atoms with Gasteiger partial charge in [0.25, 0.3) is 10.0 Å². The van der Waals surface area contributed by atoms with E-state index < -0.39 is 10.0 Å². The summed E-state index contributed by atoms with van der Waals surface area (Å²) in [6.45, 7) is 1.67. The molecule has 0 spiro atoms. The number of nitrogens with one attached hydrogen (secondary N) is 1. The number of hydrogen-bond donors (Lipinski definition) is 1. The lowest BCUT2D eigenvalue weighted by Gasteiger charge is -2.26. The van der Waals surface area contributed by atoms with Crippen molar-refractivity contribution in [2.75, 3.05) is 31.0 Å². The van der Waals surface area contributed by atoms with Gasteiger partial charge in [-0.25, -0.2) is 13.4 Å². The first-order valence-electron chi connectivity index (χ1n) is 7.30. The summed E-state index contributed by atoms with van der Waals surface area (Å²) in [6, 6.07) is 8.07. The monoisotopic (exact) mass is 368 g/mol. The molecule has 2 heterocycles. The smallest absolute Gasteiger partial charge is 0.263 e. The molecular formula is C14H16N4O4S2. The van der Waals surface area contributed by atoms with Crippen molar-refractivity contribution in [2.24, 2.45) is 0 Å². The zero-order chi connectivity index (χ0) is 17.0. The number of carbonyl (C=O) groups is 1. The summed E-state index contributed by atoms with van der Waals surface area (Å²) in [6.07, 6.45) is 0.468. The lowest BCUT2D eigenvalue weighted by molar-refractivity contribution is -0.142. The Labute approximate surface area is 143 Å². The molecule has 0 aliphatic carbocycles. The van der Waals surface area contributed by atoms with Gasteiger partial charge in [0.1, 0.15) is 12.4 Å². The molecule has 128 valence electrons. The van der Waals surface area contributed by atoms with E-state index in [0.29, 0.717) is 31.9 Å². The minimum absolute atomic E-state index is 0.0542. The number of benzene rings is 1. The lowest BCUT2D eigenvalue weighted by atomic mass is 10.3. The third kappa shape index (κ3) is 4.08. The van der Waals surface area contributed by atoms with Crippen LogP contribution in [0, 0.1) is 0 Å². The molecular weight excluding hydrogens is 352 g/mol. The predicted octanol–water partition coefficient (Wildman–Crippen LogP) is 0.740. The van der Waals surface area contributed by atoms with Crippen LogP contribution in [0.4, 0.5) is 5.13 Å². The quantitative estimate of drug-likeness (QED) is 0.807. The van der Waals surface area contributed by atoms with E-state index in [0.717, 1.165) is 11.5 Å². The van der Waals surface area contributed by atoms with Crippen LogP contribution in [0.3, 0.4) is 0 Å². The minimum atomic E-state index is -3.67. The summed E-state index contributed by atoms with van der Waals surface area (Å²) in [5.41, 5.74) is 0. The fourth-order valence-electron chi connectivity index (χ4n) is 2.19. The maximum atomic E-state index is 12.2. The number of rotatable bonds is 6. The fourth-order valence-corrected chi connectivity index (χ4v) is 4.05. The maximum absolute atomic E-state index is 12.2. The van der Waals surface area contributed by atoms with Gasteiger partial charge in [-0.1, -0.05) is 18.2 Å². The molecule has 0 unspecified atom stereocenters. The fraction of sp³-hybridized carbons (Fsp3) is 0.357. The van der Waals surface area contributed by atoms with Gasteiger partial charge in [0, 0.05) is 31.0 Å². The number of hydrogen-bond acceptors (Lipinski definition) is 7. The molecule has 0 saturated carbocycles. The van der Waals surface area contributed by atoms with Crippen LogP contribution >= 0.6 is 11.5 Å². The van der Waals surface area contributed by atoms with Crippen molar-refractivity contribution in [3.05, 3.63) is 36.2 Å². The molecule has 8 nitrogen and oxygen atoms in total. The van der Waals surface area contributed by atoms with E-state index in [4.69, 9.17) is 4.74 Å². The molecule has 1 amide bonds. The average molecular weight is 368 g/mol. The molecule has 1 N–H and O–H groups in total. The zero-order valence-corrected chi connectivity index (χ0v) is 14.3. The van der Waals surface area contributed by atoms with Crippen LogP contribution in [-0.2, 0) is 26.0 Å². The Kier molecular flexibility index (Phi) is 5.07. The highest BCUT2D eigenvalue weighted by Crippen LogP contribution is 2.18. The van der Waals surface area contributed by atoms with Crippen LogP contribution in [0.25, 0.3) is 0 Å². The molecule has 1 aromatic carbocycles. The molecule has 2 aromatic rings. The van der Waals surface area contributed by atoms with Crippen LogP contribution in [0.5, 0.6) is 0 Å². The van der Waals surface area contributed by atoms with Crippen LogP contribution in [-0.4, -0.2) is 54.9 Å². The van der Waals surface area contributed by atoms with Crippen molar-refractivity contribution >= 4 is 32.6 Å². The summed E-state index contributed by atoms with van der Waals surface area (Å²) < 4.78 is 36.1. The Bertz CT molecular complexity index is 807. The first-order chi connectivity index (χ1) is 11.5. The molecule has 24 heavy (non-hydrogen) atoms. The van der Waals surface area contributed by atoms with E-state index in [1.807, 2.05) is 0 Å². The van der Waals surface area contributed by atoms with Crippen molar-refractivity contribution in [1.29, 1.82) is 0 Å². The highest BCUT2D eigenvalue weighted by molar-refractivity contribution is 7.93. The molecule has 0 atom stereocenters. The van der Waals surface area contributed by atoms with Crippen LogP contribution < -0.4 is 4.72 Å². The number of ether oxygens (including phenoxy) is 1. The van der Waals surface area contributed by atoms with Crippen molar-refractivity contribution in [3.63, 3.8) is 0 Å². The van der Waals surface area contributed by atoms with E-state index in [1.54, 1.807) is 23.1 Å². The highest BCUT2D eigenvalue weighted by atomic mass is 32.2. The molecule has 1 aromatic heterocycles. The minimum Gasteiger partial charge on any atom is -0.370 e. The number of aromatic nitrogens is 2. The second-order valence-electron chi connectivity index (χ2n) is 5.12. The number of nitrogens with zero attached hydrogens (tertiary/aromatic N) is 3. The van der Waals surface area contributed by atoms with Crippen molar-refractivity contribution in [2.45, 2.75) is 11.3 Å². The molecule has 1 aliphatic rings. The number of amides is 1. The number of sulfonamides is 1. The Hall–Kier alpha value is -2.04. The van der Waals surface area contributed by atoms with Crippen molar-refractivity contribution in [1.82, 2.24) is 14.3 Å². The van der Waals surface area contributed by atoms with Gasteiger partial charge in [0.05, 0.1) is 11.5 Å². The average Bonchev–Trinajstić information content (AvgIpc) is 3.02. The van der Waals surface area contributed by atoms with Crippen molar-refractivity contribution < 1.29 is 17.9 Å². The summed E-state index contributed by atoms with van der Waals surface area (Å²) >= 11 is 0.979. The van der Waals surface area contributed by atoms with Crippen LogP contribution in [0.15, 0.2) is 35.2 Å². The summed E-state index contributed by atoms with van der Waals surface area (Å²) in [7, 11) is -3.67. The van der Waals surface area contributed by atoms with Gasteiger partial charge in [0.2, 0.25) is 11.0 Å². The molecule has 10 heteroatoms. The van der Waals surface area contributed by atoms with E-state index in [1.165, 1.54) is 12.1 Å². The molecule has 3 rings (SSSR count). The third-order valence-electron chi connectivity index (χ3n) is 3.43. The van der Waals surface area contributed by atoms with Crippen LogP contribution in [0.2, 0.25) is 0 Å². The number of carbonyl (C=O) groups excluding carboxylic acids is 1. The Morgan fingerprint density at radius 3 is 2.83 bits per heavy atom. The SMILES string of the molecule is O=C1COCCN1CCc1nsc(NS(=O)(=O)c2ccccc2)n1. The van der Waals surface area contributed by atoms with Gasteiger partial charge in [0.15, 0.2) is 0 Å². The number of anilines is 1. The van der Waals surface area contributed by atoms with Gasteiger partial charge in [-0.15, -0.1) is 0 Å². The summed E-state index contributed by atoms with van der Waals surface area (Å²) in [5, 5.41) is 0.210. The van der Waals surface area contributed by atoms with Gasteiger partial charge < -0.3 is 9.64 Å². The molecule has 1 fully saturated rings. The third-order valence-corrected chi connectivity index (χ3v) is 5.58. The first kappa shape index (κ1) is 16.8. The second-order valence-corrected chi connectivity index (χ2v) is 7.55. The summed E-state index contributed by atoms with van der Waals surface area (Å²) in [4.78, 5) is 17.7. The molecule has 0 bridgehead atoms. The van der Waals surface area contributed by atoms with Gasteiger partial charge >= 0.3 is 0 Å². The zero-order valence-electron chi connectivity index (χ0n) is 12.7.